The number of hydrogen-bond donors (Lipinski definition) is 1. The standard InChI is InChI=1S/C15H22N2O3S/c18-10-12-11-20-7-6-16(12)9-15(19)17-5-1-3-13(17)14-4-2-8-21-14/h2,4,8,12-13,18H,1,3,5-7,9-11H2. The highest BCUT2D eigenvalue weighted by Gasteiger charge is 2.33. The molecule has 0 saturated carbocycles. The lowest BCUT2D eigenvalue weighted by Crippen LogP contribution is -2.51. The van der Waals surface area contributed by atoms with Crippen LogP contribution in [0.5, 0.6) is 0 Å². The summed E-state index contributed by atoms with van der Waals surface area (Å²) in [6.45, 7) is 3.14. The fourth-order valence-corrected chi connectivity index (χ4v) is 4.05. The van der Waals surface area contributed by atoms with Crippen LogP contribution >= 0.6 is 11.3 Å². The van der Waals surface area contributed by atoms with Crippen molar-refractivity contribution >= 4 is 17.2 Å². The van der Waals surface area contributed by atoms with Gasteiger partial charge in [0, 0.05) is 18.0 Å². The molecule has 1 amide bonds. The van der Waals surface area contributed by atoms with E-state index < -0.39 is 0 Å². The molecule has 1 N–H and O–H groups in total. The molecule has 0 aromatic carbocycles. The van der Waals surface area contributed by atoms with E-state index in [1.54, 1.807) is 11.3 Å². The van der Waals surface area contributed by atoms with Crippen molar-refractivity contribution in [1.29, 1.82) is 0 Å². The fraction of sp³-hybridized carbons (Fsp3) is 0.667. The summed E-state index contributed by atoms with van der Waals surface area (Å²) in [7, 11) is 0. The molecule has 6 heteroatoms. The average Bonchev–Trinajstić information content (AvgIpc) is 3.18. The van der Waals surface area contributed by atoms with Crippen LogP contribution in [0.2, 0.25) is 0 Å². The van der Waals surface area contributed by atoms with Crippen molar-refractivity contribution in [2.45, 2.75) is 24.9 Å². The highest BCUT2D eigenvalue weighted by molar-refractivity contribution is 7.10. The van der Waals surface area contributed by atoms with Crippen molar-refractivity contribution in [3.63, 3.8) is 0 Å². The van der Waals surface area contributed by atoms with Crippen LogP contribution in [0, 0.1) is 0 Å². The van der Waals surface area contributed by atoms with Crippen LogP contribution in [-0.4, -0.2) is 66.3 Å². The molecule has 116 valence electrons. The topological polar surface area (TPSA) is 53.0 Å². The fourth-order valence-electron chi connectivity index (χ4n) is 3.17. The van der Waals surface area contributed by atoms with Gasteiger partial charge in [-0.1, -0.05) is 6.07 Å². The minimum atomic E-state index is -0.0505. The Kier molecular flexibility index (Phi) is 4.90. The van der Waals surface area contributed by atoms with Gasteiger partial charge < -0.3 is 14.7 Å². The highest BCUT2D eigenvalue weighted by atomic mass is 32.1. The van der Waals surface area contributed by atoms with Crippen LogP contribution in [-0.2, 0) is 9.53 Å². The van der Waals surface area contributed by atoms with Gasteiger partial charge in [0.1, 0.15) is 0 Å². The molecule has 2 aliphatic rings. The molecule has 0 spiro atoms. The molecular formula is C15H22N2O3S. The van der Waals surface area contributed by atoms with Gasteiger partial charge in [0.2, 0.25) is 5.91 Å². The number of aliphatic hydroxyl groups is 1. The van der Waals surface area contributed by atoms with Crippen LogP contribution in [0.25, 0.3) is 0 Å². The molecule has 3 rings (SSSR count). The second-order valence-electron chi connectivity index (χ2n) is 5.64. The monoisotopic (exact) mass is 310 g/mol. The van der Waals surface area contributed by atoms with Gasteiger partial charge in [-0.3, -0.25) is 9.69 Å². The van der Waals surface area contributed by atoms with Crippen LogP contribution < -0.4 is 0 Å². The first-order valence-electron chi connectivity index (χ1n) is 7.55. The molecule has 2 fully saturated rings. The second-order valence-corrected chi connectivity index (χ2v) is 6.62. The van der Waals surface area contributed by atoms with E-state index in [-0.39, 0.29) is 24.6 Å². The number of aliphatic hydroxyl groups excluding tert-OH is 1. The molecule has 5 nitrogen and oxygen atoms in total. The van der Waals surface area contributed by atoms with Crippen LogP contribution in [0.3, 0.4) is 0 Å². The molecule has 21 heavy (non-hydrogen) atoms. The maximum atomic E-state index is 12.6. The van der Waals surface area contributed by atoms with E-state index in [2.05, 4.69) is 16.3 Å². The molecule has 1 aromatic rings. The number of morpholine rings is 1. The zero-order chi connectivity index (χ0) is 14.7. The summed E-state index contributed by atoms with van der Waals surface area (Å²) >= 11 is 1.72. The Morgan fingerprint density at radius 3 is 3.14 bits per heavy atom. The van der Waals surface area contributed by atoms with E-state index in [1.165, 1.54) is 4.88 Å². The largest absolute Gasteiger partial charge is 0.395 e. The maximum absolute atomic E-state index is 12.6. The summed E-state index contributed by atoms with van der Waals surface area (Å²) in [5.41, 5.74) is 0. The van der Waals surface area contributed by atoms with Gasteiger partial charge in [-0.25, -0.2) is 0 Å². The predicted octanol–water partition coefficient (Wildman–Crippen LogP) is 1.10. The number of carbonyl (C=O) groups excluding carboxylic acids is 1. The molecule has 0 bridgehead atoms. The summed E-state index contributed by atoms with van der Waals surface area (Å²) in [5.74, 6) is 0.172. The summed E-state index contributed by atoms with van der Waals surface area (Å²) in [6.07, 6.45) is 2.12. The molecule has 0 aliphatic carbocycles. The first-order chi connectivity index (χ1) is 10.3. The normalized spacial score (nSPS) is 27.2. The maximum Gasteiger partial charge on any atom is 0.237 e. The molecular weight excluding hydrogens is 288 g/mol. The Labute approximate surface area is 129 Å². The SMILES string of the molecule is O=C(CN1CCOCC1CO)N1CCCC1c1cccs1. The van der Waals surface area contributed by atoms with Crippen molar-refractivity contribution in [3.8, 4) is 0 Å². The quantitative estimate of drug-likeness (QED) is 0.905. The van der Waals surface area contributed by atoms with Gasteiger partial charge >= 0.3 is 0 Å². The molecule has 3 heterocycles. The summed E-state index contributed by atoms with van der Waals surface area (Å²) in [6, 6.07) is 4.35. The zero-order valence-corrected chi connectivity index (χ0v) is 12.9. The smallest absolute Gasteiger partial charge is 0.237 e. The number of rotatable bonds is 4. The minimum Gasteiger partial charge on any atom is -0.395 e. The van der Waals surface area contributed by atoms with Crippen LogP contribution in [0.1, 0.15) is 23.8 Å². The Hall–Kier alpha value is -0.950. The van der Waals surface area contributed by atoms with E-state index in [1.807, 2.05) is 11.0 Å². The number of ether oxygens (including phenoxy) is 1. The third-order valence-corrected chi connectivity index (χ3v) is 5.32. The van der Waals surface area contributed by atoms with E-state index in [0.717, 1.165) is 19.4 Å². The van der Waals surface area contributed by atoms with Gasteiger partial charge in [-0.05, 0) is 24.3 Å². The number of amides is 1. The Morgan fingerprint density at radius 2 is 2.38 bits per heavy atom. The first kappa shape index (κ1) is 15.0. The molecule has 0 radical (unpaired) electrons. The van der Waals surface area contributed by atoms with Gasteiger partial charge in [0.15, 0.2) is 0 Å². The van der Waals surface area contributed by atoms with Crippen molar-refractivity contribution in [2.75, 3.05) is 39.5 Å². The molecule has 2 atom stereocenters. The summed E-state index contributed by atoms with van der Waals surface area (Å²) in [5, 5.41) is 11.5. The van der Waals surface area contributed by atoms with Crippen LogP contribution in [0.4, 0.5) is 0 Å². The highest BCUT2D eigenvalue weighted by Crippen LogP contribution is 2.34. The summed E-state index contributed by atoms with van der Waals surface area (Å²) in [4.78, 5) is 18.0. The van der Waals surface area contributed by atoms with Gasteiger partial charge in [-0.15, -0.1) is 11.3 Å². The van der Waals surface area contributed by atoms with E-state index in [4.69, 9.17) is 4.74 Å². The molecule has 1 aromatic heterocycles. The van der Waals surface area contributed by atoms with E-state index in [0.29, 0.717) is 26.3 Å². The predicted molar refractivity (Wildman–Crippen MR) is 81.3 cm³/mol. The number of likely N-dealkylation sites (tertiary alicyclic amines) is 1. The van der Waals surface area contributed by atoms with E-state index >= 15 is 0 Å². The molecule has 2 saturated heterocycles. The van der Waals surface area contributed by atoms with Crippen molar-refractivity contribution in [2.24, 2.45) is 0 Å². The van der Waals surface area contributed by atoms with Gasteiger partial charge in [-0.2, -0.15) is 0 Å². The van der Waals surface area contributed by atoms with Crippen molar-refractivity contribution in [1.82, 2.24) is 9.80 Å². The third-order valence-electron chi connectivity index (χ3n) is 4.34. The first-order valence-corrected chi connectivity index (χ1v) is 8.43. The third kappa shape index (κ3) is 3.29. The van der Waals surface area contributed by atoms with E-state index in [9.17, 15) is 9.90 Å². The minimum absolute atomic E-state index is 0.0433. The zero-order valence-electron chi connectivity index (χ0n) is 12.1. The lowest BCUT2D eigenvalue weighted by atomic mass is 10.2. The molecule has 2 aliphatic heterocycles. The molecule has 2 unspecified atom stereocenters. The Morgan fingerprint density at radius 1 is 1.48 bits per heavy atom. The number of hydrogen-bond acceptors (Lipinski definition) is 5. The Bertz CT molecular complexity index is 465. The van der Waals surface area contributed by atoms with Gasteiger partial charge in [0.25, 0.3) is 0 Å². The number of carbonyl (C=O) groups is 1. The number of nitrogens with zero attached hydrogens (tertiary/aromatic N) is 2. The average molecular weight is 310 g/mol. The lowest BCUT2D eigenvalue weighted by Gasteiger charge is -2.35. The van der Waals surface area contributed by atoms with Crippen LogP contribution in [0.15, 0.2) is 17.5 Å². The van der Waals surface area contributed by atoms with Crippen molar-refractivity contribution in [3.05, 3.63) is 22.4 Å². The van der Waals surface area contributed by atoms with Crippen molar-refractivity contribution < 1.29 is 14.6 Å². The summed E-state index contributed by atoms with van der Waals surface area (Å²) < 4.78 is 5.37. The van der Waals surface area contributed by atoms with Gasteiger partial charge in [0.05, 0.1) is 38.4 Å². The Balaban J connectivity index is 1.64. The number of thiophene rings is 1. The lowest BCUT2D eigenvalue weighted by molar-refractivity contribution is -0.136. The second kappa shape index (κ2) is 6.87.